The zero-order valence-electron chi connectivity index (χ0n) is 11.6. The Hall–Kier alpha value is -2.34. The van der Waals surface area contributed by atoms with Crippen LogP contribution in [0.25, 0.3) is 0 Å². The van der Waals surface area contributed by atoms with Crippen LogP contribution >= 0.6 is 15.9 Å². The number of nitrogens with one attached hydrogen (secondary N) is 1. The summed E-state index contributed by atoms with van der Waals surface area (Å²) < 4.78 is 6.35. The Balaban J connectivity index is 1.75. The number of carbonyl (C=O) groups is 2. The highest BCUT2D eigenvalue weighted by Gasteiger charge is 2.05. The van der Waals surface area contributed by atoms with Crippen molar-refractivity contribution in [2.75, 3.05) is 13.2 Å². The summed E-state index contributed by atoms with van der Waals surface area (Å²) in [6, 6.07) is 13.2. The number of hydrogen-bond donors (Lipinski definition) is 2. The van der Waals surface area contributed by atoms with Gasteiger partial charge in [0.15, 0.2) is 0 Å². The van der Waals surface area contributed by atoms with Gasteiger partial charge in [0.25, 0.3) is 5.91 Å². The summed E-state index contributed by atoms with van der Waals surface area (Å²) in [7, 11) is 0. The lowest BCUT2D eigenvalue weighted by atomic mass is 10.2. The topological polar surface area (TPSA) is 75.6 Å². The lowest BCUT2D eigenvalue weighted by Crippen LogP contribution is -2.28. The predicted molar refractivity (Wildman–Crippen MR) is 85.4 cm³/mol. The van der Waals surface area contributed by atoms with E-state index in [4.69, 9.17) is 9.84 Å². The first kappa shape index (κ1) is 16.0. The van der Waals surface area contributed by atoms with Crippen LogP contribution < -0.4 is 10.1 Å². The Morgan fingerprint density at radius 3 is 2.18 bits per heavy atom. The molecule has 0 spiro atoms. The highest BCUT2D eigenvalue weighted by atomic mass is 79.9. The fourth-order valence-electron chi connectivity index (χ4n) is 1.73. The Morgan fingerprint density at radius 1 is 1.00 bits per heavy atom. The van der Waals surface area contributed by atoms with Gasteiger partial charge in [-0.2, -0.15) is 0 Å². The van der Waals surface area contributed by atoms with Gasteiger partial charge in [-0.05, 0) is 48.5 Å². The van der Waals surface area contributed by atoms with Crippen molar-refractivity contribution in [2.24, 2.45) is 0 Å². The molecular formula is C16H14BrNO4. The monoisotopic (exact) mass is 363 g/mol. The van der Waals surface area contributed by atoms with E-state index in [-0.39, 0.29) is 11.5 Å². The van der Waals surface area contributed by atoms with E-state index in [9.17, 15) is 9.59 Å². The van der Waals surface area contributed by atoms with Gasteiger partial charge in [-0.1, -0.05) is 15.9 Å². The van der Waals surface area contributed by atoms with Crippen molar-refractivity contribution in [2.45, 2.75) is 0 Å². The smallest absolute Gasteiger partial charge is 0.335 e. The third-order valence-electron chi connectivity index (χ3n) is 2.86. The second kappa shape index (κ2) is 7.61. The number of hydrogen-bond acceptors (Lipinski definition) is 3. The molecule has 0 aromatic heterocycles. The SMILES string of the molecule is O=C(O)c1ccc(OCCNC(=O)c2ccc(Br)cc2)cc1. The summed E-state index contributed by atoms with van der Waals surface area (Å²) in [6.45, 7) is 0.657. The molecule has 114 valence electrons. The summed E-state index contributed by atoms with van der Waals surface area (Å²) >= 11 is 3.31. The Labute approximate surface area is 136 Å². The lowest BCUT2D eigenvalue weighted by Gasteiger charge is -2.08. The van der Waals surface area contributed by atoms with E-state index in [1.165, 1.54) is 12.1 Å². The molecule has 6 heteroatoms. The van der Waals surface area contributed by atoms with E-state index in [0.717, 1.165) is 4.47 Å². The molecule has 0 saturated heterocycles. The van der Waals surface area contributed by atoms with Crippen LogP contribution in [0.1, 0.15) is 20.7 Å². The molecule has 0 radical (unpaired) electrons. The number of ether oxygens (including phenoxy) is 1. The quantitative estimate of drug-likeness (QED) is 0.773. The zero-order valence-corrected chi connectivity index (χ0v) is 13.2. The van der Waals surface area contributed by atoms with Crippen molar-refractivity contribution in [1.82, 2.24) is 5.32 Å². The van der Waals surface area contributed by atoms with Crippen molar-refractivity contribution in [1.29, 1.82) is 0 Å². The Bertz CT molecular complexity index is 653. The van der Waals surface area contributed by atoms with Gasteiger partial charge < -0.3 is 15.2 Å². The lowest BCUT2D eigenvalue weighted by molar-refractivity contribution is 0.0696. The van der Waals surface area contributed by atoms with Crippen LogP contribution in [0.4, 0.5) is 0 Å². The molecule has 0 bridgehead atoms. The molecule has 0 aliphatic heterocycles. The van der Waals surface area contributed by atoms with Crippen LogP contribution in [0.2, 0.25) is 0 Å². The number of halogens is 1. The van der Waals surface area contributed by atoms with Crippen LogP contribution in [-0.4, -0.2) is 30.1 Å². The van der Waals surface area contributed by atoms with Crippen LogP contribution in [0.3, 0.4) is 0 Å². The van der Waals surface area contributed by atoms with Gasteiger partial charge in [0.1, 0.15) is 12.4 Å². The van der Waals surface area contributed by atoms with Crippen molar-refractivity contribution in [3.05, 3.63) is 64.1 Å². The van der Waals surface area contributed by atoms with E-state index < -0.39 is 5.97 Å². The molecule has 0 fully saturated rings. The number of amides is 1. The van der Waals surface area contributed by atoms with Gasteiger partial charge in [0, 0.05) is 10.0 Å². The molecule has 0 saturated carbocycles. The second-order valence-electron chi connectivity index (χ2n) is 4.44. The van der Waals surface area contributed by atoms with Crippen LogP contribution in [0.5, 0.6) is 5.75 Å². The molecule has 1 amide bonds. The number of carbonyl (C=O) groups excluding carboxylic acids is 1. The third kappa shape index (κ3) is 4.60. The third-order valence-corrected chi connectivity index (χ3v) is 3.39. The molecule has 2 aromatic carbocycles. The average Bonchev–Trinajstić information content (AvgIpc) is 2.52. The predicted octanol–water partition coefficient (Wildman–Crippen LogP) is 2.96. The minimum atomic E-state index is -0.978. The Kier molecular flexibility index (Phi) is 5.55. The number of carboxylic acid groups (broad SMARTS) is 1. The van der Waals surface area contributed by atoms with Gasteiger partial charge in [0.05, 0.1) is 12.1 Å². The number of rotatable bonds is 6. The number of carboxylic acids is 1. The van der Waals surface area contributed by atoms with Gasteiger partial charge >= 0.3 is 5.97 Å². The summed E-state index contributed by atoms with van der Waals surface area (Å²) in [5.74, 6) is -0.589. The van der Waals surface area contributed by atoms with Crippen LogP contribution in [0, 0.1) is 0 Å². The normalized spacial score (nSPS) is 10.0. The summed E-state index contributed by atoms with van der Waals surface area (Å²) in [4.78, 5) is 22.6. The molecule has 0 unspecified atom stereocenters. The maximum absolute atomic E-state index is 11.8. The first-order chi connectivity index (χ1) is 10.6. The maximum atomic E-state index is 11.8. The molecule has 0 heterocycles. The molecule has 0 aliphatic carbocycles. The molecule has 0 atom stereocenters. The highest BCUT2D eigenvalue weighted by molar-refractivity contribution is 9.10. The molecule has 2 rings (SSSR count). The van der Waals surface area contributed by atoms with Gasteiger partial charge in [-0.3, -0.25) is 4.79 Å². The van der Waals surface area contributed by atoms with E-state index in [0.29, 0.717) is 24.5 Å². The Morgan fingerprint density at radius 2 is 1.59 bits per heavy atom. The summed E-state index contributed by atoms with van der Waals surface area (Å²) in [5, 5.41) is 11.5. The van der Waals surface area contributed by atoms with E-state index in [1.54, 1.807) is 36.4 Å². The minimum absolute atomic E-state index is 0.169. The standard InChI is InChI=1S/C16H14BrNO4/c17-13-5-1-11(2-6-13)15(19)18-9-10-22-14-7-3-12(4-8-14)16(20)21/h1-8H,9-10H2,(H,18,19)(H,20,21). The fourth-order valence-corrected chi connectivity index (χ4v) is 1.99. The molecule has 0 aliphatic rings. The van der Waals surface area contributed by atoms with Gasteiger partial charge in [-0.15, -0.1) is 0 Å². The first-order valence-electron chi connectivity index (χ1n) is 6.56. The van der Waals surface area contributed by atoms with Gasteiger partial charge in [-0.25, -0.2) is 4.79 Å². The van der Waals surface area contributed by atoms with Crippen molar-refractivity contribution in [3.63, 3.8) is 0 Å². The maximum Gasteiger partial charge on any atom is 0.335 e. The fraction of sp³-hybridized carbons (Fsp3) is 0.125. The largest absolute Gasteiger partial charge is 0.492 e. The first-order valence-corrected chi connectivity index (χ1v) is 7.35. The molecule has 2 aromatic rings. The highest BCUT2D eigenvalue weighted by Crippen LogP contribution is 2.12. The van der Waals surface area contributed by atoms with Crippen molar-refractivity contribution < 1.29 is 19.4 Å². The zero-order chi connectivity index (χ0) is 15.9. The minimum Gasteiger partial charge on any atom is -0.492 e. The molecule has 2 N–H and O–H groups in total. The van der Waals surface area contributed by atoms with Crippen molar-refractivity contribution in [3.8, 4) is 5.75 Å². The molecule has 22 heavy (non-hydrogen) atoms. The van der Waals surface area contributed by atoms with Crippen LogP contribution in [0.15, 0.2) is 53.0 Å². The summed E-state index contributed by atoms with van der Waals surface area (Å²) in [6.07, 6.45) is 0. The van der Waals surface area contributed by atoms with E-state index >= 15 is 0 Å². The molecule has 5 nitrogen and oxygen atoms in total. The van der Waals surface area contributed by atoms with E-state index in [2.05, 4.69) is 21.2 Å². The second-order valence-corrected chi connectivity index (χ2v) is 5.36. The number of aromatic carboxylic acids is 1. The summed E-state index contributed by atoms with van der Waals surface area (Å²) in [5.41, 5.74) is 0.782. The van der Waals surface area contributed by atoms with E-state index in [1.807, 2.05) is 0 Å². The molecular weight excluding hydrogens is 350 g/mol. The number of benzene rings is 2. The van der Waals surface area contributed by atoms with Gasteiger partial charge in [0.2, 0.25) is 0 Å². The van der Waals surface area contributed by atoms with Crippen molar-refractivity contribution >= 4 is 27.8 Å². The van der Waals surface area contributed by atoms with Crippen LogP contribution in [-0.2, 0) is 0 Å². The average molecular weight is 364 g/mol.